The lowest BCUT2D eigenvalue weighted by molar-refractivity contribution is -0.136. The fraction of sp³-hybridized carbons (Fsp3) is 0.467. The molecule has 1 aromatic rings. The molecule has 1 aliphatic rings. The zero-order valence-electron chi connectivity index (χ0n) is 11.5. The van der Waals surface area contributed by atoms with E-state index in [1.807, 2.05) is 32.9 Å². The molecular formula is C15H19NO3. The summed E-state index contributed by atoms with van der Waals surface area (Å²) in [5.74, 6) is -1.14. The Labute approximate surface area is 113 Å². The standard InChI is InChI=1S/C15H19NO3/c1-10-4-6-11(7-5-10)16(9-13(17)18)14(19)12-8-15(12,2)3/h4-7,12H,8-9H2,1-3H3,(H,17,18). The van der Waals surface area contributed by atoms with Crippen molar-refractivity contribution in [2.24, 2.45) is 11.3 Å². The summed E-state index contributed by atoms with van der Waals surface area (Å²) in [4.78, 5) is 24.7. The highest BCUT2D eigenvalue weighted by molar-refractivity contribution is 6.00. The van der Waals surface area contributed by atoms with Gasteiger partial charge in [0.2, 0.25) is 5.91 Å². The number of benzene rings is 1. The molecule has 4 heteroatoms. The highest BCUT2D eigenvalue weighted by Gasteiger charge is 2.52. The Morgan fingerprint density at radius 1 is 1.32 bits per heavy atom. The minimum Gasteiger partial charge on any atom is -0.480 e. The summed E-state index contributed by atoms with van der Waals surface area (Å²) in [6.07, 6.45) is 0.827. The lowest BCUT2D eigenvalue weighted by atomic mass is 10.1. The van der Waals surface area contributed by atoms with Crippen LogP contribution in [0.4, 0.5) is 5.69 Å². The van der Waals surface area contributed by atoms with Crippen LogP contribution in [0.25, 0.3) is 0 Å². The van der Waals surface area contributed by atoms with E-state index in [0.717, 1.165) is 12.0 Å². The number of carbonyl (C=O) groups excluding carboxylic acids is 1. The zero-order chi connectivity index (χ0) is 14.2. The molecular weight excluding hydrogens is 242 g/mol. The number of hydrogen-bond acceptors (Lipinski definition) is 2. The first-order chi connectivity index (χ1) is 8.81. The van der Waals surface area contributed by atoms with Crippen molar-refractivity contribution in [2.75, 3.05) is 11.4 Å². The summed E-state index contributed by atoms with van der Waals surface area (Å²) in [6, 6.07) is 7.36. The van der Waals surface area contributed by atoms with E-state index in [2.05, 4.69) is 0 Å². The van der Waals surface area contributed by atoms with Crippen molar-refractivity contribution in [3.63, 3.8) is 0 Å². The van der Waals surface area contributed by atoms with Crippen molar-refractivity contribution in [3.05, 3.63) is 29.8 Å². The Balaban J connectivity index is 2.23. The summed E-state index contributed by atoms with van der Waals surface area (Å²) >= 11 is 0. The van der Waals surface area contributed by atoms with E-state index in [1.54, 1.807) is 12.1 Å². The number of carbonyl (C=O) groups is 2. The van der Waals surface area contributed by atoms with E-state index in [1.165, 1.54) is 4.90 Å². The number of rotatable bonds is 4. The molecule has 1 aromatic carbocycles. The van der Waals surface area contributed by atoms with Gasteiger partial charge in [0.1, 0.15) is 6.54 Å². The van der Waals surface area contributed by atoms with Gasteiger partial charge in [0.15, 0.2) is 0 Å². The number of aliphatic carboxylic acids is 1. The number of carboxylic acids is 1. The number of amides is 1. The number of carboxylic acid groups (broad SMARTS) is 1. The monoisotopic (exact) mass is 261 g/mol. The van der Waals surface area contributed by atoms with Crippen LogP contribution in [-0.4, -0.2) is 23.5 Å². The maximum Gasteiger partial charge on any atom is 0.323 e. The first-order valence-corrected chi connectivity index (χ1v) is 6.41. The van der Waals surface area contributed by atoms with Gasteiger partial charge in [0, 0.05) is 11.6 Å². The predicted molar refractivity (Wildman–Crippen MR) is 73.1 cm³/mol. The minimum absolute atomic E-state index is 0.00145. The first-order valence-electron chi connectivity index (χ1n) is 6.41. The van der Waals surface area contributed by atoms with Gasteiger partial charge in [-0.05, 0) is 30.9 Å². The summed E-state index contributed by atoms with van der Waals surface area (Å²) < 4.78 is 0. The van der Waals surface area contributed by atoms with Gasteiger partial charge in [-0.2, -0.15) is 0 Å². The number of anilines is 1. The van der Waals surface area contributed by atoms with Crippen molar-refractivity contribution in [2.45, 2.75) is 27.2 Å². The number of hydrogen-bond donors (Lipinski definition) is 1. The molecule has 1 aliphatic carbocycles. The lowest BCUT2D eigenvalue weighted by Crippen LogP contribution is -2.37. The Bertz CT molecular complexity index is 505. The molecule has 1 fully saturated rings. The largest absolute Gasteiger partial charge is 0.480 e. The smallest absolute Gasteiger partial charge is 0.323 e. The Kier molecular flexibility index (Phi) is 3.35. The second kappa shape index (κ2) is 4.68. The molecule has 0 aromatic heterocycles. The SMILES string of the molecule is Cc1ccc(N(CC(=O)O)C(=O)C2CC2(C)C)cc1. The van der Waals surface area contributed by atoms with Gasteiger partial charge < -0.3 is 10.0 Å². The quantitative estimate of drug-likeness (QED) is 0.905. The van der Waals surface area contributed by atoms with Gasteiger partial charge in [-0.25, -0.2) is 0 Å². The van der Waals surface area contributed by atoms with E-state index >= 15 is 0 Å². The Morgan fingerprint density at radius 3 is 2.26 bits per heavy atom. The summed E-state index contributed by atoms with van der Waals surface area (Å²) in [6.45, 7) is 5.74. The van der Waals surface area contributed by atoms with E-state index in [9.17, 15) is 9.59 Å². The van der Waals surface area contributed by atoms with E-state index in [0.29, 0.717) is 5.69 Å². The molecule has 0 spiro atoms. The average molecular weight is 261 g/mol. The molecule has 1 amide bonds. The topological polar surface area (TPSA) is 57.6 Å². The molecule has 0 heterocycles. The summed E-state index contributed by atoms with van der Waals surface area (Å²) in [5.41, 5.74) is 1.73. The third-order valence-corrected chi connectivity index (χ3v) is 3.72. The van der Waals surface area contributed by atoms with Crippen LogP contribution in [0.2, 0.25) is 0 Å². The minimum atomic E-state index is -0.993. The van der Waals surface area contributed by atoms with Crippen LogP contribution in [0.15, 0.2) is 24.3 Å². The molecule has 1 atom stereocenters. The third-order valence-electron chi connectivity index (χ3n) is 3.72. The molecule has 4 nitrogen and oxygen atoms in total. The van der Waals surface area contributed by atoms with Gasteiger partial charge >= 0.3 is 5.97 Å². The van der Waals surface area contributed by atoms with Crippen LogP contribution in [0.3, 0.4) is 0 Å². The molecule has 2 rings (SSSR count). The molecule has 0 radical (unpaired) electrons. The highest BCUT2D eigenvalue weighted by atomic mass is 16.4. The highest BCUT2D eigenvalue weighted by Crippen LogP contribution is 2.52. The van der Waals surface area contributed by atoms with E-state index < -0.39 is 5.97 Å². The Hall–Kier alpha value is -1.84. The lowest BCUT2D eigenvalue weighted by Gasteiger charge is -2.22. The third kappa shape index (κ3) is 2.95. The van der Waals surface area contributed by atoms with Gasteiger partial charge in [-0.1, -0.05) is 31.5 Å². The van der Waals surface area contributed by atoms with Crippen LogP contribution in [0.5, 0.6) is 0 Å². The van der Waals surface area contributed by atoms with Crippen LogP contribution in [-0.2, 0) is 9.59 Å². The molecule has 1 saturated carbocycles. The zero-order valence-corrected chi connectivity index (χ0v) is 11.5. The first kappa shape index (κ1) is 13.6. The van der Waals surface area contributed by atoms with Crippen molar-refractivity contribution in [1.82, 2.24) is 0 Å². The van der Waals surface area contributed by atoms with E-state index in [-0.39, 0.29) is 23.8 Å². The summed E-state index contributed by atoms with van der Waals surface area (Å²) in [5, 5.41) is 8.99. The van der Waals surface area contributed by atoms with Crippen molar-refractivity contribution in [1.29, 1.82) is 0 Å². The Morgan fingerprint density at radius 2 is 1.84 bits per heavy atom. The fourth-order valence-corrected chi connectivity index (χ4v) is 2.23. The maximum atomic E-state index is 12.4. The number of aryl methyl sites for hydroxylation is 1. The second-order valence-corrected chi connectivity index (χ2v) is 5.90. The van der Waals surface area contributed by atoms with Crippen molar-refractivity contribution >= 4 is 17.6 Å². The van der Waals surface area contributed by atoms with Gasteiger partial charge in [0.25, 0.3) is 0 Å². The molecule has 0 bridgehead atoms. The molecule has 19 heavy (non-hydrogen) atoms. The molecule has 0 aliphatic heterocycles. The molecule has 1 unspecified atom stereocenters. The molecule has 1 N–H and O–H groups in total. The van der Waals surface area contributed by atoms with Gasteiger partial charge in [-0.15, -0.1) is 0 Å². The van der Waals surface area contributed by atoms with Crippen LogP contribution >= 0.6 is 0 Å². The van der Waals surface area contributed by atoms with Crippen molar-refractivity contribution in [3.8, 4) is 0 Å². The number of nitrogens with zero attached hydrogens (tertiary/aromatic N) is 1. The normalized spacial score (nSPS) is 19.8. The van der Waals surface area contributed by atoms with E-state index in [4.69, 9.17) is 5.11 Å². The fourth-order valence-electron chi connectivity index (χ4n) is 2.23. The van der Waals surface area contributed by atoms with Crippen LogP contribution in [0.1, 0.15) is 25.8 Å². The maximum absolute atomic E-state index is 12.4. The van der Waals surface area contributed by atoms with Gasteiger partial charge in [0.05, 0.1) is 0 Å². The predicted octanol–water partition coefficient (Wildman–Crippen LogP) is 2.46. The molecule has 0 saturated heterocycles. The van der Waals surface area contributed by atoms with Gasteiger partial charge in [-0.3, -0.25) is 9.59 Å². The van der Waals surface area contributed by atoms with Crippen LogP contribution < -0.4 is 4.90 Å². The molecule has 102 valence electrons. The second-order valence-electron chi connectivity index (χ2n) is 5.90. The van der Waals surface area contributed by atoms with Crippen LogP contribution in [0, 0.1) is 18.3 Å². The van der Waals surface area contributed by atoms with Crippen molar-refractivity contribution < 1.29 is 14.7 Å². The average Bonchev–Trinajstić information content (AvgIpc) is 2.96. The summed E-state index contributed by atoms with van der Waals surface area (Å²) in [7, 11) is 0.